The van der Waals surface area contributed by atoms with Gasteiger partial charge in [-0.3, -0.25) is 4.79 Å². The number of amides is 3. The summed E-state index contributed by atoms with van der Waals surface area (Å²) in [6.45, 7) is 5.44. The third kappa shape index (κ3) is 3.46. The molecule has 31 heavy (non-hydrogen) atoms. The fraction of sp³-hybridized carbons (Fsp3) is 0.217. The molecule has 0 spiro atoms. The summed E-state index contributed by atoms with van der Waals surface area (Å²) in [6.07, 6.45) is 1.51. The molecule has 1 aliphatic heterocycles. The Labute approximate surface area is 180 Å². The summed E-state index contributed by atoms with van der Waals surface area (Å²) in [5, 5.41) is 12.4. The number of rotatable bonds is 5. The van der Waals surface area contributed by atoms with E-state index in [0.717, 1.165) is 27.6 Å². The quantitative estimate of drug-likeness (QED) is 0.510. The van der Waals surface area contributed by atoms with E-state index in [9.17, 15) is 9.59 Å². The Kier molecular flexibility index (Phi) is 5.06. The first kappa shape index (κ1) is 20.3. The Balaban J connectivity index is 1.62. The summed E-state index contributed by atoms with van der Waals surface area (Å²) in [5.41, 5.74) is 2.72. The molecule has 1 aliphatic rings. The average Bonchev–Trinajstić information content (AvgIpc) is 3.19. The van der Waals surface area contributed by atoms with Crippen LogP contribution in [0.3, 0.4) is 0 Å². The highest BCUT2D eigenvalue weighted by Crippen LogP contribution is 2.30. The van der Waals surface area contributed by atoms with Gasteiger partial charge >= 0.3 is 6.03 Å². The number of para-hydroxylation sites is 1. The van der Waals surface area contributed by atoms with Crippen molar-refractivity contribution in [1.29, 1.82) is 0 Å². The van der Waals surface area contributed by atoms with Crippen molar-refractivity contribution in [3.8, 4) is 11.4 Å². The van der Waals surface area contributed by atoms with E-state index in [0.29, 0.717) is 11.3 Å². The van der Waals surface area contributed by atoms with Gasteiger partial charge in [0.2, 0.25) is 0 Å². The van der Waals surface area contributed by atoms with E-state index in [1.54, 1.807) is 38.3 Å². The van der Waals surface area contributed by atoms with Crippen LogP contribution in [0.2, 0.25) is 0 Å². The van der Waals surface area contributed by atoms with Crippen molar-refractivity contribution < 1.29 is 14.3 Å². The van der Waals surface area contributed by atoms with E-state index in [1.807, 2.05) is 48.9 Å². The van der Waals surface area contributed by atoms with E-state index in [4.69, 9.17) is 4.74 Å². The number of nitrogens with zero attached hydrogens (tertiary/aromatic N) is 4. The van der Waals surface area contributed by atoms with Crippen molar-refractivity contribution in [2.45, 2.75) is 26.3 Å². The zero-order chi connectivity index (χ0) is 22.2. The van der Waals surface area contributed by atoms with Gasteiger partial charge in [-0.1, -0.05) is 30.3 Å². The molecule has 0 unspecified atom stereocenters. The van der Waals surface area contributed by atoms with Crippen molar-refractivity contribution in [3.63, 3.8) is 0 Å². The fourth-order valence-corrected chi connectivity index (χ4v) is 3.63. The number of ether oxygens (including phenoxy) is 1. The first-order chi connectivity index (χ1) is 14.8. The SMILES string of the molecule is COc1ccc([C@@]2(C)NC(=O)N(N=Cc3c(C)nn(-c4ccccc4)c3C)C2=O)cc1. The monoisotopic (exact) mass is 417 g/mol. The van der Waals surface area contributed by atoms with E-state index in [2.05, 4.69) is 15.5 Å². The lowest BCUT2D eigenvalue weighted by Crippen LogP contribution is -2.40. The third-order valence-electron chi connectivity index (χ3n) is 5.49. The molecular weight excluding hydrogens is 394 g/mol. The minimum Gasteiger partial charge on any atom is -0.497 e. The first-order valence-electron chi connectivity index (χ1n) is 9.82. The second kappa shape index (κ2) is 7.71. The van der Waals surface area contributed by atoms with Crippen LogP contribution >= 0.6 is 0 Å². The molecular formula is C23H23N5O3. The van der Waals surface area contributed by atoms with Crippen LogP contribution in [0.15, 0.2) is 59.7 Å². The van der Waals surface area contributed by atoms with Gasteiger partial charge in [-0.15, -0.1) is 5.01 Å². The molecule has 4 rings (SSSR count). The molecule has 1 atom stereocenters. The molecule has 1 aromatic heterocycles. The van der Waals surface area contributed by atoms with Crippen molar-refractivity contribution in [1.82, 2.24) is 20.1 Å². The number of benzene rings is 2. The van der Waals surface area contributed by atoms with Gasteiger partial charge in [0, 0.05) is 5.56 Å². The van der Waals surface area contributed by atoms with Gasteiger partial charge in [-0.25, -0.2) is 9.48 Å². The highest BCUT2D eigenvalue weighted by Gasteiger charge is 2.49. The van der Waals surface area contributed by atoms with Crippen LogP contribution < -0.4 is 10.1 Å². The number of hydrogen-bond donors (Lipinski definition) is 1. The first-order valence-corrected chi connectivity index (χ1v) is 9.82. The highest BCUT2D eigenvalue weighted by atomic mass is 16.5. The van der Waals surface area contributed by atoms with Crippen LogP contribution in [0, 0.1) is 13.8 Å². The van der Waals surface area contributed by atoms with Gasteiger partial charge in [0.1, 0.15) is 11.3 Å². The zero-order valence-corrected chi connectivity index (χ0v) is 17.8. The summed E-state index contributed by atoms with van der Waals surface area (Å²) < 4.78 is 6.97. The van der Waals surface area contributed by atoms with Gasteiger partial charge in [0.25, 0.3) is 5.91 Å². The summed E-state index contributed by atoms with van der Waals surface area (Å²) >= 11 is 0. The highest BCUT2D eigenvalue weighted by molar-refractivity contribution is 6.07. The molecule has 0 radical (unpaired) electrons. The van der Waals surface area contributed by atoms with Gasteiger partial charge in [-0.05, 0) is 50.6 Å². The largest absolute Gasteiger partial charge is 0.497 e. The van der Waals surface area contributed by atoms with Crippen molar-refractivity contribution in [2.24, 2.45) is 5.10 Å². The molecule has 2 heterocycles. The number of hydrogen-bond acceptors (Lipinski definition) is 5. The van der Waals surface area contributed by atoms with Crippen LogP contribution in [0.5, 0.6) is 5.75 Å². The smallest absolute Gasteiger partial charge is 0.346 e. The number of nitrogens with one attached hydrogen (secondary N) is 1. The maximum absolute atomic E-state index is 13.1. The van der Waals surface area contributed by atoms with Gasteiger partial charge in [0.15, 0.2) is 0 Å². The number of carbonyl (C=O) groups excluding carboxylic acids is 2. The standard InChI is InChI=1S/C23H23N5O3/c1-15-20(16(2)27(26-15)18-8-6-5-7-9-18)14-24-28-21(29)23(3,25-22(28)30)17-10-12-19(31-4)13-11-17/h5-14H,1-4H3,(H,25,30)/t23-/m1/s1. The number of methoxy groups -OCH3 is 1. The fourth-order valence-electron chi connectivity index (χ4n) is 3.63. The van der Waals surface area contributed by atoms with Crippen LogP contribution in [-0.4, -0.2) is 40.1 Å². The molecule has 158 valence electrons. The second-order valence-corrected chi connectivity index (χ2v) is 7.48. The van der Waals surface area contributed by atoms with E-state index in [-0.39, 0.29) is 0 Å². The normalized spacial score (nSPS) is 18.6. The summed E-state index contributed by atoms with van der Waals surface area (Å²) in [7, 11) is 1.57. The Bertz CT molecular complexity index is 1170. The summed E-state index contributed by atoms with van der Waals surface area (Å²) in [4.78, 5) is 25.6. The van der Waals surface area contributed by atoms with Crippen LogP contribution in [0.1, 0.15) is 29.4 Å². The molecule has 3 aromatic rings. The molecule has 1 N–H and O–H groups in total. The maximum Gasteiger partial charge on any atom is 0.346 e. The lowest BCUT2D eigenvalue weighted by Gasteiger charge is -2.21. The average molecular weight is 417 g/mol. The number of urea groups is 1. The topological polar surface area (TPSA) is 88.8 Å². The summed E-state index contributed by atoms with van der Waals surface area (Å²) in [6, 6.07) is 16.1. The predicted octanol–water partition coefficient (Wildman–Crippen LogP) is 3.30. The van der Waals surface area contributed by atoms with E-state index < -0.39 is 17.5 Å². The third-order valence-corrected chi connectivity index (χ3v) is 5.49. The zero-order valence-electron chi connectivity index (χ0n) is 17.8. The summed E-state index contributed by atoms with van der Waals surface area (Å²) in [5.74, 6) is 0.213. The predicted molar refractivity (Wildman–Crippen MR) is 116 cm³/mol. The number of aryl methyl sites for hydroxylation is 1. The van der Waals surface area contributed by atoms with Crippen molar-refractivity contribution in [2.75, 3.05) is 7.11 Å². The molecule has 8 heteroatoms. The van der Waals surface area contributed by atoms with Crippen molar-refractivity contribution in [3.05, 3.63) is 77.1 Å². The molecule has 8 nitrogen and oxygen atoms in total. The number of hydrazone groups is 1. The lowest BCUT2D eigenvalue weighted by molar-refractivity contribution is -0.131. The molecule has 0 bridgehead atoms. The van der Waals surface area contributed by atoms with Crippen LogP contribution in [0.25, 0.3) is 5.69 Å². The minimum absolute atomic E-state index is 0.454. The van der Waals surface area contributed by atoms with E-state index in [1.165, 1.54) is 6.21 Å². The number of carbonyl (C=O) groups is 2. The second-order valence-electron chi connectivity index (χ2n) is 7.48. The van der Waals surface area contributed by atoms with Gasteiger partial charge in [0.05, 0.1) is 30.4 Å². The molecule has 1 fully saturated rings. The Hall–Kier alpha value is -3.94. The molecule has 2 aromatic carbocycles. The maximum atomic E-state index is 13.1. The molecule has 3 amide bonds. The molecule has 0 aliphatic carbocycles. The minimum atomic E-state index is -1.21. The number of aromatic nitrogens is 2. The molecule has 1 saturated heterocycles. The van der Waals surface area contributed by atoms with Crippen LogP contribution in [-0.2, 0) is 10.3 Å². The van der Waals surface area contributed by atoms with E-state index >= 15 is 0 Å². The van der Waals surface area contributed by atoms with Gasteiger partial charge < -0.3 is 10.1 Å². The van der Waals surface area contributed by atoms with Crippen molar-refractivity contribution >= 4 is 18.2 Å². The Morgan fingerprint density at radius 3 is 2.39 bits per heavy atom. The lowest BCUT2D eigenvalue weighted by atomic mass is 9.92. The Morgan fingerprint density at radius 2 is 1.74 bits per heavy atom. The Morgan fingerprint density at radius 1 is 1.06 bits per heavy atom. The number of imide groups is 1. The van der Waals surface area contributed by atoms with Crippen LogP contribution in [0.4, 0.5) is 4.79 Å². The van der Waals surface area contributed by atoms with Gasteiger partial charge in [-0.2, -0.15) is 10.2 Å². The molecule has 0 saturated carbocycles.